The lowest BCUT2D eigenvalue weighted by Crippen LogP contribution is -2.33. The monoisotopic (exact) mass is 478 g/mol. The molecule has 150 valence electrons. The summed E-state index contributed by atoms with van der Waals surface area (Å²) in [6.07, 6.45) is 1.14. The topological polar surface area (TPSA) is 58.1 Å². The fraction of sp³-hybridized carbons (Fsp3) is 0.632. The summed E-state index contributed by atoms with van der Waals surface area (Å²) in [7, 11) is 3.78. The van der Waals surface area contributed by atoms with E-state index in [-0.39, 0.29) is 24.0 Å². The van der Waals surface area contributed by atoms with Crippen molar-refractivity contribution in [2.24, 2.45) is 4.99 Å². The lowest BCUT2D eigenvalue weighted by Gasteiger charge is -2.22. The van der Waals surface area contributed by atoms with Crippen molar-refractivity contribution in [2.45, 2.75) is 40.2 Å². The quantitative estimate of drug-likeness (QED) is 0.304. The number of anilines is 1. The van der Waals surface area contributed by atoms with Crippen molar-refractivity contribution in [1.82, 2.24) is 10.2 Å². The molecule has 0 amide bonds. The van der Waals surface area contributed by atoms with Crippen molar-refractivity contribution in [1.29, 1.82) is 0 Å². The largest absolute Gasteiger partial charge is 0.493 e. The van der Waals surface area contributed by atoms with E-state index in [0.29, 0.717) is 12.6 Å². The maximum absolute atomic E-state index is 5.63. The molecular weight excluding hydrogens is 443 g/mol. The van der Waals surface area contributed by atoms with Crippen molar-refractivity contribution in [3.8, 4) is 11.5 Å². The third kappa shape index (κ3) is 8.44. The van der Waals surface area contributed by atoms with Crippen molar-refractivity contribution >= 4 is 35.6 Å². The normalized spacial score (nSPS) is 12.3. The summed E-state index contributed by atoms with van der Waals surface area (Å²) in [5.41, 5.74) is 0.916. The van der Waals surface area contributed by atoms with Gasteiger partial charge in [0.1, 0.15) is 0 Å². The van der Waals surface area contributed by atoms with E-state index in [2.05, 4.69) is 48.3 Å². The van der Waals surface area contributed by atoms with Crippen LogP contribution in [0.4, 0.5) is 5.69 Å². The molecule has 0 spiro atoms. The van der Waals surface area contributed by atoms with Crippen LogP contribution in [0.15, 0.2) is 23.2 Å². The Kier molecular flexibility index (Phi) is 13.3. The van der Waals surface area contributed by atoms with E-state index in [1.165, 1.54) is 0 Å². The highest BCUT2D eigenvalue weighted by Gasteiger charge is 2.08. The average molecular weight is 478 g/mol. The Labute approximate surface area is 175 Å². The second-order valence-corrected chi connectivity index (χ2v) is 5.92. The summed E-state index contributed by atoms with van der Waals surface area (Å²) in [5, 5.41) is 6.61. The van der Waals surface area contributed by atoms with Gasteiger partial charge < -0.3 is 25.0 Å². The highest BCUT2D eigenvalue weighted by atomic mass is 127. The Morgan fingerprint density at radius 3 is 2.54 bits per heavy atom. The first-order valence-corrected chi connectivity index (χ1v) is 9.12. The van der Waals surface area contributed by atoms with Gasteiger partial charge in [0.2, 0.25) is 0 Å². The molecule has 0 aromatic heterocycles. The number of benzene rings is 1. The SMILES string of the molecule is CCNC(=NCCN(C)C(C)CC)Nc1ccc(OC)c(OCC)c1.I. The summed E-state index contributed by atoms with van der Waals surface area (Å²) in [5.74, 6) is 2.22. The van der Waals surface area contributed by atoms with Crippen molar-refractivity contribution in [2.75, 3.05) is 45.7 Å². The first kappa shape index (κ1) is 24.8. The van der Waals surface area contributed by atoms with Gasteiger partial charge in [-0.05, 0) is 46.4 Å². The van der Waals surface area contributed by atoms with E-state index in [9.17, 15) is 0 Å². The molecule has 0 saturated carbocycles. The van der Waals surface area contributed by atoms with Crippen LogP contribution in [0.25, 0.3) is 0 Å². The highest BCUT2D eigenvalue weighted by Crippen LogP contribution is 2.30. The zero-order valence-electron chi connectivity index (χ0n) is 17.0. The van der Waals surface area contributed by atoms with Gasteiger partial charge in [-0.25, -0.2) is 0 Å². The molecule has 0 bridgehead atoms. The molecule has 0 saturated heterocycles. The molecule has 1 aromatic carbocycles. The van der Waals surface area contributed by atoms with Gasteiger partial charge in [-0.1, -0.05) is 6.92 Å². The van der Waals surface area contributed by atoms with E-state index < -0.39 is 0 Å². The van der Waals surface area contributed by atoms with Crippen molar-refractivity contribution < 1.29 is 9.47 Å². The van der Waals surface area contributed by atoms with Crippen LogP contribution in [0, 0.1) is 0 Å². The Bertz CT molecular complexity index is 540. The molecule has 0 aliphatic carbocycles. The molecule has 2 N–H and O–H groups in total. The molecule has 0 aliphatic heterocycles. The zero-order valence-corrected chi connectivity index (χ0v) is 19.3. The lowest BCUT2D eigenvalue weighted by molar-refractivity contribution is 0.259. The predicted molar refractivity (Wildman–Crippen MR) is 122 cm³/mol. The predicted octanol–water partition coefficient (Wildman–Crippen LogP) is 3.82. The van der Waals surface area contributed by atoms with Crippen molar-refractivity contribution in [3.63, 3.8) is 0 Å². The number of hydrogen-bond donors (Lipinski definition) is 2. The fourth-order valence-electron chi connectivity index (χ4n) is 2.32. The molecule has 1 atom stereocenters. The van der Waals surface area contributed by atoms with Gasteiger partial charge in [0, 0.05) is 30.9 Å². The second-order valence-electron chi connectivity index (χ2n) is 5.92. The van der Waals surface area contributed by atoms with Crippen LogP contribution >= 0.6 is 24.0 Å². The smallest absolute Gasteiger partial charge is 0.195 e. The number of rotatable bonds is 10. The Morgan fingerprint density at radius 1 is 1.23 bits per heavy atom. The van der Waals surface area contributed by atoms with Crippen LogP contribution in [-0.2, 0) is 0 Å². The molecule has 0 aliphatic rings. The van der Waals surface area contributed by atoms with Gasteiger partial charge >= 0.3 is 0 Å². The maximum atomic E-state index is 5.63. The van der Waals surface area contributed by atoms with Gasteiger partial charge in [-0.15, -0.1) is 24.0 Å². The van der Waals surface area contributed by atoms with Crippen LogP contribution < -0.4 is 20.1 Å². The fourth-order valence-corrected chi connectivity index (χ4v) is 2.32. The molecule has 6 nitrogen and oxygen atoms in total. The first-order chi connectivity index (χ1) is 12.0. The van der Waals surface area contributed by atoms with Crippen LogP contribution in [0.5, 0.6) is 11.5 Å². The average Bonchev–Trinajstić information content (AvgIpc) is 2.61. The number of guanidine groups is 1. The van der Waals surface area contributed by atoms with E-state index in [1.807, 2.05) is 25.1 Å². The number of methoxy groups -OCH3 is 1. The number of ether oxygens (including phenoxy) is 2. The number of halogens is 1. The number of nitrogens with one attached hydrogen (secondary N) is 2. The second kappa shape index (κ2) is 13.9. The number of likely N-dealkylation sites (N-methyl/N-ethyl adjacent to an activating group) is 1. The number of nitrogens with zero attached hydrogens (tertiary/aromatic N) is 2. The Morgan fingerprint density at radius 2 is 1.96 bits per heavy atom. The van der Waals surface area contributed by atoms with E-state index in [4.69, 9.17) is 9.47 Å². The minimum absolute atomic E-state index is 0. The van der Waals surface area contributed by atoms with Crippen LogP contribution in [-0.4, -0.2) is 57.3 Å². The summed E-state index contributed by atoms with van der Waals surface area (Å²) >= 11 is 0. The third-order valence-corrected chi connectivity index (χ3v) is 4.14. The summed E-state index contributed by atoms with van der Waals surface area (Å²) < 4.78 is 11.0. The number of aliphatic imine (C=N–C) groups is 1. The molecule has 1 rings (SSSR count). The van der Waals surface area contributed by atoms with E-state index in [1.54, 1.807) is 7.11 Å². The summed E-state index contributed by atoms with van der Waals surface area (Å²) in [4.78, 5) is 6.99. The van der Waals surface area contributed by atoms with Crippen LogP contribution in [0.3, 0.4) is 0 Å². The Hall–Kier alpha value is -1.22. The van der Waals surface area contributed by atoms with Gasteiger partial charge in [-0.3, -0.25) is 4.99 Å². The minimum Gasteiger partial charge on any atom is -0.493 e. The van der Waals surface area contributed by atoms with E-state index >= 15 is 0 Å². The molecule has 7 heteroatoms. The molecule has 0 radical (unpaired) electrons. The van der Waals surface area contributed by atoms with Gasteiger partial charge in [-0.2, -0.15) is 0 Å². The third-order valence-electron chi connectivity index (χ3n) is 4.14. The first-order valence-electron chi connectivity index (χ1n) is 9.12. The zero-order chi connectivity index (χ0) is 18.7. The molecule has 26 heavy (non-hydrogen) atoms. The molecule has 0 fully saturated rings. The number of hydrogen-bond acceptors (Lipinski definition) is 4. The minimum atomic E-state index is 0. The molecule has 1 unspecified atom stereocenters. The molecular formula is C19H35IN4O2. The van der Waals surface area contributed by atoms with Crippen LogP contribution in [0.2, 0.25) is 0 Å². The summed E-state index contributed by atoms with van der Waals surface area (Å²) in [6, 6.07) is 6.36. The lowest BCUT2D eigenvalue weighted by atomic mass is 10.2. The van der Waals surface area contributed by atoms with Crippen LogP contribution in [0.1, 0.15) is 34.1 Å². The summed E-state index contributed by atoms with van der Waals surface area (Å²) in [6.45, 7) is 11.5. The molecule has 0 heterocycles. The molecule has 1 aromatic rings. The standard InChI is InChI=1S/C19H34N4O2.HI/c1-7-15(4)23(5)13-12-21-19(20-8-2)22-16-10-11-17(24-6)18(14-16)25-9-3;/h10-11,14-15H,7-9,12-13H2,1-6H3,(H2,20,21,22);1H. The van der Waals surface area contributed by atoms with Crippen molar-refractivity contribution in [3.05, 3.63) is 18.2 Å². The highest BCUT2D eigenvalue weighted by molar-refractivity contribution is 14.0. The van der Waals surface area contributed by atoms with E-state index in [0.717, 1.165) is 49.2 Å². The Balaban J connectivity index is 0.00000625. The maximum Gasteiger partial charge on any atom is 0.195 e. The van der Waals surface area contributed by atoms with Gasteiger partial charge in [0.15, 0.2) is 17.5 Å². The van der Waals surface area contributed by atoms with Gasteiger partial charge in [0.05, 0.1) is 20.3 Å². The van der Waals surface area contributed by atoms with Gasteiger partial charge in [0.25, 0.3) is 0 Å².